The number of esters is 2. The Labute approximate surface area is 95.4 Å². The van der Waals surface area contributed by atoms with Crippen molar-refractivity contribution in [2.24, 2.45) is 23.7 Å². The van der Waals surface area contributed by atoms with E-state index in [4.69, 9.17) is 9.47 Å². The fourth-order valence-electron chi connectivity index (χ4n) is 3.43. The van der Waals surface area contributed by atoms with Crippen molar-refractivity contribution in [1.82, 2.24) is 0 Å². The predicted octanol–water partition coefficient (Wildman–Crippen LogP) is 0.730. The summed E-state index contributed by atoms with van der Waals surface area (Å²) in [6.07, 6.45) is 0.880. The summed E-state index contributed by atoms with van der Waals surface area (Å²) in [5.74, 6) is -0.615. The molecule has 15 heavy (non-hydrogen) atoms. The second-order valence-corrected chi connectivity index (χ2v) is 5.54. The predicted molar refractivity (Wildman–Crippen MR) is 53.2 cm³/mol. The third-order valence-corrected chi connectivity index (χ3v) is 5.20. The Bertz CT molecular complexity index is 342. The fraction of sp³-hybridized carbons (Fsp3) is 0.800. The molecular weight excluding hydrogens is 264 g/mol. The van der Waals surface area contributed by atoms with Crippen molar-refractivity contribution < 1.29 is 19.1 Å². The van der Waals surface area contributed by atoms with E-state index >= 15 is 0 Å². The van der Waals surface area contributed by atoms with Gasteiger partial charge in [-0.05, 0) is 12.3 Å². The zero-order chi connectivity index (χ0) is 10.7. The molecule has 0 radical (unpaired) electrons. The second-order valence-electron chi connectivity index (χ2n) is 4.48. The van der Waals surface area contributed by atoms with Crippen LogP contribution in [0.4, 0.5) is 0 Å². The van der Waals surface area contributed by atoms with Gasteiger partial charge < -0.3 is 9.47 Å². The number of carbonyl (C=O) groups excluding carboxylic acids is 2. The summed E-state index contributed by atoms with van der Waals surface area (Å²) in [5, 5.41) is 0. The molecule has 0 amide bonds. The largest absolute Gasteiger partial charge is 0.469 e. The molecule has 0 aromatic rings. The average Bonchev–Trinajstić information content (AvgIpc) is 2.80. The zero-order valence-corrected chi connectivity index (χ0v) is 9.77. The molecule has 2 saturated carbocycles. The number of carbonyl (C=O) groups is 2. The molecule has 1 heterocycles. The number of ether oxygens (including phenoxy) is 2. The molecule has 1 aliphatic heterocycles. The van der Waals surface area contributed by atoms with Crippen molar-refractivity contribution in [2.45, 2.75) is 17.4 Å². The van der Waals surface area contributed by atoms with Gasteiger partial charge in [-0.2, -0.15) is 0 Å². The van der Waals surface area contributed by atoms with Gasteiger partial charge in [0.2, 0.25) is 0 Å². The lowest BCUT2D eigenvalue weighted by Gasteiger charge is -2.26. The molecule has 0 spiro atoms. The van der Waals surface area contributed by atoms with Gasteiger partial charge in [0.15, 0.2) is 0 Å². The average molecular weight is 275 g/mol. The van der Waals surface area contributed by atoms with Crippen molar-refractivity contribution in [2.75, 3.05) is 7.11 Å². The first-order chi connectivity index (χ1) is 7.15. The van der Waals surface area contributed by atoms with Crippen molar-refractivity contribution in [3.8, 4) is 0 Å². The highest BCUT2D eigenvalue weighted by atomic mass is 79.9. The van der Waals surface area contributed by atoms with Crippen LogP contribution in [0.1, 0.15) is 6.42 Å². The molecule has 5 heteroatoms. The highest BCUT2D eigenvalue weighted by Crippen LogP contribution is 2.60. The van der Waals surface area contributed by atoms with Crippen LogP contribution in [0.5, 0.6) is 0 Å². The molecular formula is C10H11BrO4. The lowest BCUT2D eigenvalue weighted by Crippen LogP contribution is -2.38. The van der Waals surface area contributed by atoms with Crippen LogP contribution in [-0.2, 0) is 19.1 Å². The fourth-order valence-corrected chi connectivity index (χ4v) is 4.48. The molecule has 0 unspecified atom stereocenters. The Morgan fingerprint density at radius 2 is 2.27 bits per heavy atom. The lowest BCUT2D eigenvalue weighted by molar-refractivity contribution is -0.153. The van der Waals surface area contributed by atoms with Crippen LogP contribution in [0.2, 0.25) is 0 Å². The van der Waals surface area contributed by atoms with Gasteiger partial charge in [0.05, 0.1) is 23.8 Å². The van der Waals surface area contributed by atoms with Gasteiger partial charge in [-0.1, -0.05) is 15.9 Å². The summed E-state index contributed by atoms with van der Waals surface area (Å²) in [4.78, 5) is 23.4. The van der Waals surface area contributed by atoms with E-state index in [1.54, 1.807) is 0 Å². The van der Waals surface area contributed by atoms with E-state index < -0.39 is 0 Å². The molecule has 82 valence electrons. The van der Waals surface area contributed by atoms with E-state index in [0.717, 1.165) is 6.42 Å². The van der Waals surface area contributed by atoms with Crippen LogP contribution >= 0.6 is 15.9 Å². The van der Waals surface area contributed by atoms with E-state index in [9.17, 15) is 9.59 Å². The molecule has 3 rings (SSSR count). The van der Waals surface area contributed by atoms with Crippen LogP contribution in [0.15, 0.2) is 0 Å². The number of halogens is 1. The van der Waals surface area contributed by atoms with Crippen LogP contribution in [0, 0.1) is 23.7 Å². The second kappa shape index (κ2) is 2.97. The van der Waals surface area contributed by atoms with Crippen LogP contribution < -0.4 is 0 Å². The van der Waals surface area contributed by atoms with Gasteiger partial charge in [-0.25, -0.2) is 0 Å². The summed E-state index contributed by atoms with van der Waals surface area (Å²) in [6.45, 7) is 0. The van der Waals surface area contributed by atoms with Gasteiger partial charge in [-0.3, -0.25) is 9.59 Å². The van der Waals surface area contributed by atoms with Gasteiger partial charge >= 0.3 is 11.9 Å². The van der Waals surface area contributed by atoms with E-state index in [-0.39, 0.29) is 46.5 Å². The Kier molecular flexibility index (Phi) is 1.90. The Morgan fingerprint density at radius 3 is 2.93 bits per heavy atom. The first kappa shape index (κ1) is 9.63. The monoisotopic (exact) mass is 274 g/mol. The number of hydrogen-bond acceptors (Lipinski definition) is 4. The maximum atomic E-state index is 11.6. The van der Waals surface area contributed by atoms with Gasteiger partial charge in [0.25, 0.3) is 0 Å². The Hall–Kier alpha value is -0.580. The minimum absolute atomic E-state index is 0.0200. The Balaban J connectivity index is 1.98. The molecule has 1 saturated heterocycles. The maximum absolute atomic E-state index is 11.6. The first-order valence-corrected chi connectivity index (χ1v) is 5.99. The van der Waals surface area contributed by atoms with Crippen LogP contribution in [-0.4, -0.2) is 30.0 Å². The lowest BCUT2D eigenvalue weighted by atomic mass is 9.80. The van der Waals surface area contributed by atoms with Crippen LogP contribution in [0.25, 0.3) is 0 Å². The molecule has 4 nitrogen and oxygen atoms in total. The van der Waals surface area contributed by atoms with E-state index in [1.165, 1.54) is 7.11 Å². The van der Waals surface area contributed by atoms with Crippen molar-refractivity contribution in [1.29, 1.82) is 0 Å². The Morgan fingerprint density at radius 1 is 1.53 bits per heavy atom. The molecule has 3 aliphatic rings. The summed E-state index contributed by atoms with van der Waals surface area (Å²) in [6, 6.07) is 0. The number of alkyl halides is 1. The molecule has 0 N–H and O–H groups in total. The smallest absolute Gasteiger partial charge is 0.310 e. The third kappa shape index (κ3) is 1.02. The SMILES string of the molecule is COC(=O)[C@@H]1[C@H]2C[C@H]3[C@H](OC(=O)[C@@H]31)[C@H]2Br. The third-order valence-electron chi connectivity index (χ3n) is 4.00. The molecule has 0 aromatic heterocycles. The molecule has 3 fully saturated rings. The van der Waals surface area contributed by atoms with Gasteiger partial charge in [-0.15, -0.1) is 0 Å². The van der Waals surface area contributed by atoms with E-state index in [2.05, 4.69) is 15.9 Å². The number of hydrogen-bond donors (Lipinski definition) is 0. The van der Waals surface area contributed by atoms with Gasteiger partial charge in [0.1, 0.15) is 6.10 Å². The highest BCUT2D eigenvalue weighted by Gasteiger charge is 2.68. The maximum Gasteiger partial charge on any atom is 0.310 e. The summed E-state index contributed by atoms with van der Waals surface area (Å²) >= 11 is 3.53. The number of rotatable bonds is 1. The van der Waals surface area contributed by atoms with E-state index in [0.29, 0.717) is 0 Å². The zero-order valence-electron chi connectivity index (χ0n) is 8.18. The van der Waals surface area contributed by atoms with E-state index in [1.807, 2.05) is 0 Å². The topological polar surface area (TPSA) is 52.6 Å². The summed E-state index contributed by atoms with van der Waals surface area (Å²) < 4.78 is 10.0. The van der Waals surface area contributed by atoms with Gasteiger partial charge in [0, 0.05) is 5.92 Å². The van der Waals surface area contributed by atoms with Crippen LogP contribution in [0.3, 0.4) is 0 Å². The van der Waals surface area contributed by atoms with Crippen molar-refractivity contribution >= 4 is 27.9 Å². The molecule has 2 aliphatic carbocycles. The minimum Gasteiger partial charge on any atom is -0.469 e. The van der Waals surface area contributed by atoms with Crippen molar-refractivity contribution in [3.63, 3.8) is 0 Å². The molecule has 6 atom stereocenters. The first-order valence-electron chi connectivity index (χ1n) is 5.07. The standard InChI is InChI=1S/C10H11BrO4/c1-14-9(12)5-3-2-4-6(5)10(13)15-8(4)7(3)11/h3-8H,2H2,1H3/t3-,4-,5-,6+,7+,8+/m1/s1. The molecule has 0 aromatic carbocycles. The summed E-state index contributed by atoms with van der Waals surface area (Å²) in [7, 11) is 1.37. The quantitative estimate of drug-likeness (QED) is 0.523. The number of methoxy groups -OCH3 is 1. The minimum atomic E-state index is -0.296. The normalized spacial score (nSPS) is 50.7. The highest BCUT2D eigenvalue weighted by molar-refractivity contribution is 9.09. The molecule has 2 bridgehead atoms. The number of fused-ring (bicyclic) bond motifs is 1. The van der Waals surface area contributed by atoms with Crippen molar-refractivity contribution in [3.05, 3.63) is 0 Å². The summed E-state index contributed by atoms with van der Waals surface area (Å²) in [5.41, 5.74) is 0.